The van der Waals surface area contributed by atoms with Crippen LogP contribution < -0.4 is 9.47 Å². The summed E-state index contributed by atoms with van der Waals surface area (Å²) in [5.41, 5.74) is -1.61. The van der Waals surface area contributed by atoms with Gasteiger partial charge in [0.2, 0.25) is 5.91 Å². The zero-order valence-electron chi connectivity index (χ0n) is 15.2. The van der Waals surface area contributed by atoms with Gasteiger partial charge in [0.1, 0.15) is 5.01 Å². The van der Waals surface area contributed by atoms with Gasteiger partial charge in [0.15, 0.2) is 17.1 Å². The van der Waals surface area contributed by atoms with Crippen molar-refractivity contribution >= 4 is 17.2 Å². The molecule has 10 heteroatoms. The first kappa shape index (κ1) is 20.4. The molecule has 0 radical (unpaired) electrons. The summed E-state index contributed by atoms with van der Waals surface area (Å²) >= 11 is 1.32. The topological polar surface area (TPSA) is 71.9 Å². The van der Waals surface area contributed by atoms with Crippen LogP contribution in [0.1, 0.15) is 12.1 Å². The third-order valence-corrected chi connectivity index (χ3v) is 5.58. The molecule has 0 aliphatic carbocycles. The predicted octanol–water partition coefficient (Wildman–Crippen LogP) is 2.90. The summed E-state index contributed by atoms with van der Waals surface area (Å²) in [6, 6.07) is 5.30. The van der Waals surface area contributed by atoms with E-state index in [9.17, 15) is 23.1 Å². The van der Waals surface area contributed by atoms with E-state index in [1.165, 1.54) is 25.6 Å². The maximum atomic E-state index is 12.9. The molecule has 1 fully saturated rings. The van der Waals surface area contributed by atoms with E-state index in [4.69, 9.17) is 9.47 Å². The second-order valence-electron chi connectivity index (χ2n) is 6.49. The van der Waals surface area contributed by atoms with Crippen LogP contribution >= 0.6 is 11.3 Å². The number of nitrogens with zero attached hydrogens (tertiary/aromatic N) is 2. The SMILES string of the molecule is COc1ccc(-c2nc(CC(=O)N3CCC(O)(C(F)(F)F)C3)cs2)cc1OC. The van der Waals surface area contributed by atoms with Crippen molar-refractivity contribution in [3.63, 3.8) is 0 Å². The molecule has 0 bridgehead atoms. The number of carbonyl (C=O) groups excluding carboxylic acids is 1. The Morgan fingerprint density at radius 2 is 2.04 bits per heavy atom. The normalized spacial score (nSPS) is 19.7. The second kappa shape index (κ2) is 7.59. The Kier molecular flexibility index (Phi) is 5.53. The largest absolute Gasteiger partial charge is 0.493 e. The van der Waals surface area contributed by atoms with Crippen molar-refractivity contribution in [3.8, 4) is 22.1 Å². The molecule has 1 N–H and O–H groups in total. The Morgan fingerprint density at radius 3 is 2.64 bits per heavy atom. The fourth-order valence-electron chi connectivity index (χ4n) is 2.99. The molecule has 2 aromatic rings. The lowest BCUT2D eigenvalue weighted by Gasteiger charge is -2.25. The van der Waals surface area contributed by atoms with Gasteiger partial charge >= 0.3 is 6.18 Å². The van der Waals surface area contributed by atoms with Crippen molar-refractivity contribution in [2.75, 3.05) is 27.3 Å². The van der Waals surface area contributed by atoms with Gasteiger partial charge in [-0.2, -0.15) is 13.2 Å². The molecular formula is C18H19F3N2O4S. The third kappa shape index (κ3) is 3.93. The summed E-state index contributed by atoms with van der Waals surface area (Å²) in [6.45, 7) is -0.885. The molecule has 3 rings (SSSR count). The quantitative estimate of drug-likeness (QED) is 0.812. The molecule has 1 amide bonds. The van der Waals surface area contributed by atoms with Crippen LogP contribution in [0.15, 0.2) is 23.6 Å². The van der Waals surface area contributed by atoms with Crippen molar-refractivity contribution in [2.45, 2.75) is 24.6 Å². The number of hydrogen-bond donors (Lipinski definition) is 1. The van der Waals surface area contributed by atoms with Crippen LogP contribution in [0, 0.1) is 0 Å². The molecule has 28 heavy (non-hydrogen) atoms. The lowest BCUT2D eigenvalue weighted by atomic mass is 10.0. The van der Waals surface area contributed by atoms with Crippen molar-refractivity contribution < 1.29 is 32.5 Å². The van der Waals surface area contributed by atoms with Gasteiger partial charge < -0.3 is 19.5 Å². The van der Waals surface area contributed by atoms with E-state index in [-0.39, 0.29) is 13.0 Å². The highest BCUT2D eigenvalue weighted by molar-refractivity contribution is 7.13. The van der Waals surface area contributed by atoms with Gasteiger partial charge in [0.25, 0.3) is 0 Å². The number of β-amino-alcohol motifs (C(OH)–C–C–N with tert-alkyl or cyclic N) is 1. The minimum atomic E-state index is -4.76. The molecule has 6 nitrogen and oxygen atoms in total. The van der Waals surface area contributed by atoms with E-state index in [0.717, 1.165) is 10.5 Å². The molecule has 1 unspecified atom stereocenters. The zero-order valence-corrected chi connectivity index (χ0v) is 16.1. The number of amides is 1. The number of rotatable bonds is 5. The van der Waals surface area contributed by atoms with Crippen LogP contribution in [-0.4, -0.2) is 60.0 Å². The highest BCUT2D eigenvalue weighted by Crippen LogP contribution is 2.38. The van der Waals surface area contributed by atoms with Crippen molar-refractivity contribution in [1.82, 2.24) is 9.88 Å². The highest BCUT2D eigenvalue weighted by atomic mass is 32.1. The summed E-state index contributed by atoms with van der Waals surface area (Å²) in [6.07, 6.45) is -5.41. The van der Waals surface area contributed by atoms with E-state index >= 15 is 0 Å². The molecule has 0 saturated carbocycles. The monoisotopic (exact) mass is 416 g/mol. The number of hydrogen-bond acceptors (Lipinski definition) is 6. The van der Waals surface area contributed by atoms with Gasteiger partial charge in [-0.15, -0.1) is 11.3 Å². The number of halogens is 3. The van der Waals surface area contributed by atoms with Crippen LogP contribution in [0.25, 0.3) is 10.6 Å². The molecule has 1 aromatic heterocycles. The summed E-state index contributed by atoms with van der Waals surface area (Å²) in [5.74, 6) is 0.616. The van der Waals surface area contributed by atoms with E-state index in [1.807, 2.05) is 0 Å². The van der Waals surface area contributed by atoms with Crippen LogP contribution in [0.4, 0.5) is 13.2 Å². The fraction of sp³-hybridized carbons (Fsp3) is 0.444. The first-order valence-corrected chi connectivity index (χ1v) is 9.28. The summed E-state index contributed by atoms with van der Waals surface area (Å²) in [7, 11) is 3.05. The second-order valence-corrected chi connectivity index (χ2v) is 7.34. The Hall–Kier alpha value is -2.33. The van der Waals surface area contributed by atoms with Crippen LogP contribution in [0.2, 0.25) is 0 Å². The third-order valence-electron chi connectivity index (χ3n) is 4.64. The number of thiazole rings is 1. The molecular weight excluding hydrogens is 397 g/mol. The van der Waals surface area contributed by atoms with E-state index < -0.39 is 30.7 Å². The Morgan fingerprint density at radius 1 is 1.32 bits per heavy atom. The maximum absolute atomic E-state index is 12.9. The number of aliphatic hydroxyl groups is 1. The van der Waals surface area contributed by atoms with E-state index in [0.29, 0.717) is 22.2 Å². The summed E-state index contributed by atoms with van der Waals surface area (Å²) in [4.78, 5) is 17.8. The van der Waals surface area contributed by atoms with Gasteiger partial charge in [-0.3, -0.25) is 4.79 Å². The number of alkyl halides is 3. The van der Waals surface area contributed by atoms with Gasteiger partial charge in [-0.1, -0.05) is 0 Å². The number of benzene rings is 1. The first-order chi connectivity index (χ1) is 13.2. The van der Waals surface area contributed by atoms with Gasteiger partial charge in [0, 0.05) is 23.9 Å². The summed E-state index contributed by atoms with van der Waals surface area (Å²) in [5, 5.41) is 12.0. The van der Waals surface area contributed by atoms with Crippen LogP contribution in [0.5, 0.6) is 11.5 Å². The molecule has 1 aromatic carbocycles. The minimum absolute atomic E-state index is 0.127. The molecule has 0 spiro atoms. The molecule has 2 heterocycles. The molecule has 1 atom stereocenters. The minimum Gasteiger partial charge on any atom is -0.493 e. The Bertz CT molecular complexity index is 871. The lowest BCUT2D eigenvalue weighted by molar-refractivity contribution is -0.253. The van der Waals surface area contributed by atoms with Gasteiger partial charge in [-0.05, 0) is 18.2 Å². The number of carbonyl (C=O) groups is 1. The molecule has 152 valence electrons. The smallest absolute Gasteiger partial charge is 0.419 e. The number of ether oxygens (including phenoxy) is 2. The average Bonchev–Trinajstić information content (AvgIpc) is 3.28. The van der Waals surface area contributed by atoms with Gasteiger partial charge in [0.05, 0.1) is 32.9 Å². The van der Waals surface area contributed by atoms with Crippen LogP contribution in [0.3, 0.4) is 0 Å². The lowest BCUT2D eigenvalue weighted by Crippen LogP contribution is -2.48. The Balaban J connectivity index is 1.69. The van der Waals surface area contributed by atoms with E-state index in [1.54, 1.807) is 23.6 Å². The van der Waals surface area contributed by atoms with Crippen LogP contribution in [-0.2, 0) is 11.2 Å². The molecule has 1 aliphatic heterocycles. The number of aromatic nitrogens is 1. The zero-order chi connectivity index (χ0) is 20.5. The highest BCUT2D eigenvalue weighted by Gasteiger charge is 2.57. The Labute approximate surface area is 163 Å². The standard InChI is InChI=1S/C18H19F3N2O4S/c1-26-13-4-3-11(7-14(13)27-2)16-22-12(9-28-16)8-15(24)23-6-5-17(25,10-23)18(19,20)21/h3-4,7,9,25H,5-6,8,10H2,1-2H3. The van der Waals surface area contributed by atoms with Gasteiger partial charge in [-0.25, -0.2) is 4.98 Å². The predicted molar refractivity (Wildman–Crippen MR) is 96.6 cm³/mol. The average molecular weight is 416 g/mol. The fourth-order valence-corrected chi connectivity index (χ4v) is 3.81. The maximum Gasteiger partial charge on any atom is 0.419 e. The van der Waals surface area contributed by atoms with Crippen molar-refractivity contribution in [1.29, 1.82) is 0 Å². The number of likely N-dealkylation sites (tertiary alicyclic amines) is 1. The van der Waals surface area contributed by atoms with Crippen molar-refractivity contribution in [2.24, 2.45) is 0 Å². The van der Waals surface area contributed by atoms with Crippen molar-refractivity contribution in [3.05, 3.63) is 29.3 Å². The summed E-state index contributed by atoms with van der Waals surface area (Å²) < 4.78 is 49.1. The molecule has 1 saturated heterocycles. The van der Waals surface area contributed by atoms with E-state index in [2.05, 4.69) is 4.98 Å². The number of methoxy groups -OCH3 is 2. The molecule has 1 aliphatic rings. The first-order valence-electron chi connectivity index (χ1n) is 8.40.